The number of rotatable bonds is 9. The highest BCUT2D eigenvalue weighted by Crippen LogP contribution is 2.28. The first-order chi connectivity index (χ1) is 12.9. The Morgan fingerprint density at radius 2 is 1.81 bits per heavy atom. The van der Waals surface area contributed by atoms with Gasteiger partial charge in [-0.15, -0.1) is 0 Å². The number of hydrogen-bond acceptors (Lipinski definition) is 5. The lowest BCUT2D eigenvalue weighted by molar-refractivity contribution is -0.117. The Hall–Kier alpha value is -3.06. The minimum atomic E-state index is -0.501. The van der Waals surface area contributed by atoms with Crippen molar-refractivity contribution in [1.82, 2.24) is 4.90 Å². The zero-order valence-corrected chi connectivity index (χ0v) is 15.8. The monoisotopic (exact) mass is 371 g/mol. The summed E-state index contributed by atoms with van der Waals surface area (Å²) in [6.45, 7) is 3.28. The van der Waals surface area contributed by atoms with E-state index in [1.165, 1.54) is 0 Å². The number of carbonyl (C=O) groups is 2. The molecule has 0 saturated heterocycles. The largest absolute Gasteiger partial charge is 0.493 e. The summed E-state index contributed by atoms with van der Waals surface area (Å²) in [5.41, 5.74) is 7.22. The van der Waals surface area contributed by atoms with Crippen LogP contribution in [0.2, 0.25) is 0 Å². The second-order valence-electron chi connectivity index (χ2n) is 6.08. The van der Waals surface area contributed by atoms with Gasteiger partial charge in [-0.25, -0.2) is 0 Å². The molecule has 0 atom stereocenters. The van der Waals surface area contributed by atoms with E-state index < -0.39 is 5.91 Å². The van der Waals surface area contributed by atoms with Crippen LogP contribution in [0.3, 0.4) is 0 Å². The number of primary amides is 1. The van der Waals surface area contributed by atoms with Crippen LogP contribution in [0.5, 0.6) is 11.5 Å². The first kappa shape index (κ1) is 20.3. The highest BCUT2D eigenvalue weighted by molar-refractivity contribution is 5.95. The van der Waals surface area contributed by atoms with Crippen molar-refractivity contribution in [2.45, 2.75) is 13.5 Å². The molecule has 0 spiro atoms. The molecule has 0 fully saturated rings. The number of amides is 2. The van der Waals surface area contributed by atoms with E-state index in [1.54, 1.807) is 31.4 Å². The first-order valence-corrected chi connectivity index (χ1v) is 8.61. The van der Waals surface area contributed by atoms with Crippen LogP contribution in [0.15, 0.2) is 42.5 Å². The van der Waals surface area contributed by atoms with E-state index in [4.69, 9.17) is 15.2 Å². The zero-order chi connectivity index (χ0) is 19.8. The number of nitrogens with zero attached hydrogens (tertiary/aromatic N) is 1. The summed E-state index contributed by atoms with van der Waals surface area (Å²) in [4.78, 5) is 25.2. The predicted octanol–water partition coefficient (Wildman–Crippen LogP) is 2.26. The maximum absolute atomic E-state index is 12.2. The maximum Gasteiger partial charge on any atom is 0.248 e. The number of carbonyl (C=O) groups excluding carboxylic acids is 2. The van der Waals surface area contributed by atoms with Crippen LogP contribution < -0.4 is 20.5 Å². The molecule has 2 rings (SSSR count). The van der Waals surface area contributed by atoms with Crippen LogP contribution in [0.1, 0.15) is 22.8 Å². The summed E-state index contributed by atoms with van der Waals surface area (Å²) in [6, 6.07) is 12.2. The van der Waals surface area contributed by atoms with Gasteiger partial charge in [0.1, 0.15) is 0 Å². The molecular formula is C20H25N3O4. The fourth-order valence-electron chi connectivity index (χ4n) is 2.62. The maximum atomic E-state index is 12.2. The summed E-state index contributed by atoms with van der Waals surface area (Å²) in [5, 5.41) is 2.80. The van der Waals surface area contributed by atoms with E-state index in [2.05, 4.69) is 5.32 Å². The molecule has 0 aromatic heterocycles. The van der Waals surface area contributed by atoms with Crippen molar-refractivity contribution < 1.29 is 19.1 Å². The van der Waals surface area contributed by atoms with Crippen molar-refractivity contribution in [2.75, 3.05) is 32.6 Å². The molecule has 0 saturated carbocycles. The molecule has 3 N–H and O–H groups in total. The Labute approximate surface area is 159 Å². The minimum Gasteiger partial charge on any atom is -0.493 e. The summed E-state index contributed by atoms with van der Waals surface area (Å²) in [5.74, 6) is 0.714. The number of nitrogens with one attached hydrogen (secondary N) is 1. The molecule has 2 amide bonds. The SMILES string of the molecule is CCOc1ccc(CN(C)CC(=O)Nc2ccc(C(N)=O)cc2)cc1OC. The molecule has 0 unspecified atom stereocenters. The van der Waals surface area contributed by atoms with Gasteiger partial charge in [-0.1, -0.05) is 6.07 Å². The Morgan fingerprint density at radius 1 is 1.11 bits per heavy atom. The summed E-state index contributed by atoms with van der Waals surface area (Å²) in [6.07, 6.45) is 0. The Kier molecular flexibility index (Phi) is 7.19. The Morgan fingerprint density at radius 3 is 2.41 bits per heavy atom. The molecule has 0 radical (unpaired) electrons. The highest BCUT2D eigenvalue weighted by atomic mass is 16.5. The van der Waals surface area contributed by atoms with E-state index >= 15 is 0 Å². The molecule has 144 valence electrons. The fraction of sp³-hybridized carbons (Fsp3) is 0.300. The molecule has 2 aromatic carbocycles. The second kappa shape index (κ2) is 9.59. The molecule has 7 nitrogen and oxygen atoms in total. The second-order valence-corrected chi connectivity index (χ2v) is 6.08. The lowest BCUT2D eigenvalue weighted by Gasteiger charge is -2.18. The standard InChI is InChI=1S/C20H25N3O4/c1-4-27-17-10-5-14(11-18(17)26-3)12-23(2)13-19(24)22-16-8-6-15(7-9-16)20(21)25/h5-11H,4,12-13H2,1-3H3,(H2,21,25)(H,22,24). The summed E-state index contributed by atoms with van der Waals surface area (Å²) in [7, 11) is 3.46. The molecule has 0 aliphatic carbocycles. The third-order valence-electron chi connectivity index (χ3n) is 3.85. The summed E-state index contributed by atoms with van der Waals surface area (Å²) >= 11 is 0. The number of benzene rings is 2. The van der Waals surface area contributed by atoms with Gasteiger partial charge in [0, 0.05) is 17.8 Å². The molecule has 2 aromatic rings. The van der Waals surface area contributed by atoms with E-state index in [1.807, 2.05) is 37.1 Å². The van der Waals surface area contributed by atoms with E-state index in [-0.39, 0.29) is 12.5 Å². The van der Waals surface area contributed by atoms with Gasteiger partial charge in [0.05, 0.1) is 20.3 Å². The Bertz CT molecular complexity index is 790. The lowest BCUT2D eigenvalue weighted by Crippen LogP contribution is -2.29. The van der Waals surface area contributed by atoms with Crippen molar-refractivity contribution in [3.63, 3.8) is 0 Å². The number of methoxy groups -OCH3 is 1. The number of hydrogen-bond donors (Lipinski definition) is 2. The first-order valence-electron chi connectivity index (χ1n) is 8.61. The van der Waals surface area contributed by atoms with Gasteiger partial charge in [0.2, 0.25) is 11.8 Å². The molecular weight excluding hydrogens is 346 g/mol. The van der Waals surface area contributed by atoms with Crippen molar-refractivity contribution >= 4 is 17.5 Å². The topological polar surface area (TPSA) is 93.9 Å². The predicted molar refractivity (Wildman–Crippen MR) is 104 cm³/mol. The number of ether oxygens (including phenoxy) is 2. The molecule has 0 aliphatic heterocycles. The quantitative estimate of drug-likeness (QED) is 0.705. The van der Waals surface area contributed by atoms with Crippen LogP contribution in [0, 0.1) is 0 Å². The van der Waals surface area contributed by atoms with Crippen molar-refractivity contribution in [1.29, 1.82) is 0 Å². The normalized spacial score (nSPS) is 10.5. The van der Waals surface area contributed by atoms with Gasteiger partial charge in [-0.2, -0.15) is 0 Å². The molecule has 0 heterocycles. The molecule has 0 aliphatic rings. The van der Waals surface area contributed by atoms with Gasteiger partial charge in [-0.3, -0.25) is 14.5 Å². The van der Waals surface area contributed by atoms with Gasteiger partial charge in [-0.05, 0) is 55.9 Å². The van der Waals surface area contributed by atoms with E-state index in [0.29, 0.717) is 35.9 Å². The third-order valence-corrected chi connectivity index (χ3v) is 3.85. The van der Waals surface area contributed by atoms with Crippen molar-refractivity contribution in [2.24, 2.45) is 5.73 Å². The smallest absolute Gasteiger partial charge is 0.248 e. The number of likely N-dealkylation sites (N-methyl/N-ethyl adjacent to an activating group) is 1. The minimum absolute atomic E-state index is 0.151. The number of anilines is 1. The lowest BCUT2D eigenvalue weighted by atomic mass is 10.2. The Balaban J connectivity index is 1.91. The van der Waals surface area contributed by atoms with Crippen LogP contribution in [0.25, 0.3) is 0 Å². The van der Waals surface area contributed by atoms with Gasteiger partial charge < -0.3 is 20.5 Å². The fourth-order valence-corrected chi connectivity index (χ4v) is 2.62. The van der Waals surface area contributed by atoms with Gasteiger partial charge >= 0.3 is 0 Å². The van der Waals surface area contributed by atoms with E-state index in [0.717, 1.165) is 5.56 Å². The van der Waals surface area contributed by atoms with Crippen LogP contribution in [0.4, 0.5) is 5.69 Å². The summed E-state index contributed by atoms with van der Waals surface area (Å²) < 4.78 is 10.9. The zero-order valence-electron chi connectivity index (χ0n) is 15.8. The molecule has 7 heteroatoms. The van der Waals surface area contributed by atoms with E-state index in [9.17, 15) is 9.59 Å². The average Bonchev–Trinajstić information content (AvgIpc) is 2.63. The average molecular weight is 371 g/mol. The van der Waals surface area contributed by atoms with Gasteiger partial charge in [0.25, 0.3) is 0 Å². The van der Waals surface area contributed by atoms with Crippen LogP contribution in [-0.2, 0) is 11.3 Å². The van der Waals surface area contributed by atoms with Crippen molar-refractivity contribution in [3.05, 3.63) is 53.6 Å². The van der Waals surface area contributed by atoms with Crippen LogP contribution in [-0.4, -0.2) is 44.0 Å². The third kappa shape index (κ3) is 6.00. The van der Waals surface area contributed by atoms with Crippen LogP contribution >= 0.6 is 0 Å². The van der Waals surface area contributed by atoms with Gasteiger partial charge in [0.15, 0.2) is 11.5 Å². The molecule has 0 bridgehead atoms. The van der Waals surface area contributed by atoms with Crippen molar-refractivity contribution in [3.8, 4) is 11.5 Å². The highest BCUT2D eigenvalue weighted by Gasteiger charge is 2.11. The number of nitrogens with two attached hydrogens (primary N) is 1. The molecule has 27 heavy (non-hydrogen) atoms.